The van der Waals surface area contributed by atoms with E-state index in [1.54, 1.807) is 36.3 Å². The maximum atomic E-state index is 13.5. The van der Waals surface area contributed by atoms with E-state index >= 15 is 0 Å². The van der Waals surface area contributed by atoms with Crippen LogP contribution in [0.3, 0.4) is 0 Å². The molecule has 0 saturated heterocycles. The zero-order chi connectivity index (χ0) is 19.2. The van der Waals surface area contributed by atoms with Gasteiger partial charge in [0.15, 0.2) is 5.75 Å². The molecule has 27 heavy (non-hydrogen) atoms. The molecule has 0 fully saturated rings. The Bertz CT molecular complexity index is 973. The first-order chi connectivity index (χ1) is 13.1. The zero-order valence-electron chi connectivity index (χ0n) is 14.8. The minimum absolute atomic E-state index is 0.176. The van der Waals surface area contributed by atoms with Crippen LogP contribution in [-0.4, -0.2) is 35.7 Å². The molecule has 0 amide bonds. The predicted molar refractivity (Wildman–Crippen MR) is 97.2 cm³/mol. The molecule has 3 rings (SSSR count). The lowest BCUT2D eigenvalue weighted by molar-refractivity contribution is 0.412. The van der Waals surface area contributed by atoms with Crippen molar-refractivity contribution in [1.29, 1.82) is 5.26 Å². The predicted octanol–water partition coefficient (Wildman–Crippen LogP) is 3.44. The molecule has 0 aliphatic carbocycles. The summed E-state index contributed by atoms with van der Waals surface area (Å²) in [6.45, 7) is 0.176. The Morgan fingerprint density at radius 2 is 1.93 bits per heavy atom. The first kappa shape index (κ1) is 18.1. The van der Waals surface area contributed by atoms with Crippen LogP contribution in [0.1, 0.15) is 0 Å². The number of hydrogen-bond acceptors (Lipinski definition) is 7. The van der Waals surface area contributed by atoms with Gasteiger partial charge in [-0.2, -0.15) is 5.26 Å². The van der Waals surface area contributed by atoms with Crippen molar-refractivity contribution in [3.63, 3.8) is 0 Å². The summed E-state index contributed by atoms with van der Waals surface area (Å²) in [5, 5.41) is 8.73. The molecule has 1 aromatic carbocycles. The van der Waals surface area contributed by atoms with E-state index in [4.69, 9.17) is 14.7 Å². The number of halogens is 1. The Labute approximate surface area is 155 Å². The second-order valence-electron chi connectivity index (χ2n) is 5.54. The molecule has 0 bridgehead atoms. The van der Waals surface area contributed by atoms with E-state index in [0.29, 0.717) is 34.5 Å². The molecule has 0 spiro atoms. The number of benzene rings is 1. The van der Waals surface area contributed by atoms with Gasteiger partial charge in [0.25, 0.3) is 0 Å². The number of nitrogens with zero attached hydrogens (tertiary/aromatic N) is 5. The standard InChI is InChI=1S/C19H16FN5O2/c1-25(9-7-21)19-23-11-14(12-24-19)27-18-16(4-3-8-22-18)15-6-5-13(20)10-17(15)26-2/h3-6,8,10-12H,9H2,1-2H3. The van der Waals surface area contributed by atoms with Crippen LogP contribution in [-0.2, 0) is 0 Å². The third-order valence-electron chi connectivity index (χ3n) is 3.70. The van der Waals surface area contributed by atoms with Gasteiger partial charge in [0.05, 0.1) is 25.6 Å². The molecule has 2 aromatic heterocycles. The summed E-state index contributed by atoms with van der Waals surface area (Å²) in [5.41, 5.74) is 1.29. The van der Waals surface area contributed by atoms with Crippen LogP contribution in [0, 0.1) is 17.1 Å². The van der Waals surface area contributed by atoms with Crippen molar-refractivity contribution in [1.82, 2.24) is 15.0 Å². The summed E-state index contributed by atoms with van der Waals surface area (Å²) in [6.07, 6.45) is 4.58. The lowest BCUT2D eigenvalue weighted by Crippen LogP contribution is -2.19. The van der Waals surface area contributed by atoms with E-state index < -0.39 is 5.82 Å². The molecular formula is C19H16FN5O2. The van der Waals surface area contributed by atoms with Crippen LogP contribution in [0.2, 0.25) is 0 Å². The highest BCUT2D eigenvalue weighted by Crippen LogP contribution is 2.37. The molecular weight excluding hydrogens is 349 g/mol. The van der Waals surface area contributed by atoms with Crippen molar-refractivity contribution in [2.24, 2.45) is 0 Å². The second kappa shape index (κ2) is 8.10. The van der Waals surface area contributed by atoms with Crippen LogP contribution in [0.25, 0.3) is 11.1 Å². The van der Waals surface area contributed by atoms with Crippen molar-refractivity contribution < 1.29 is 13.9 Å². The van der Waals surface area contributed by atoms with Crippen LogP contribution in [0.4, 0.5) is 10.3 Å². The van der Waals surface area contributed by atoms with Crippen LogP contribution in [0.15, 0.2) is 48.9 Å². The molecule has 0 radical (unpaired) electrons. The lowest BCUT2D eigenvalue weighted by Gasteiger charge is -2.14. The lowest BCUT2D eigenvalue weighted by atomic mass is 10.1. The van der Waals surface area contributed by atoms with Gasteiger partial charge in [-0.05, 0) is 24.3 Å². The smallest absolute Gasteiger partial charge is 0.227 e. The van der Waals surface area contributed by atoms with Gasteiger partial charge < -0.3 is 14.4 Å². The molecule has 3 aromatic rings. The van der Waals surface area contributed by atoms with Gasteiger partial charge in [-0.25, -0.2) is 19.3 Å². The number of hydrogen-bond donors (Lipinski definition) is 0. The average Bonchev–Trinajstić information content (AvgIpc) is 2.69. The SMILES string of the molecule is COc1cc(F)ccc1-c1cccnc1Oc1cnc(N(C)CC#N)nc1. The topological polar surface area (TPSA) is 84.2 Å². The third kappa shape index (κ3) is 4.10. The molecule has 8 heteroatoms. The zero-order valence-corrected chi connectivity index (χ0v) is 14.8. The summed E-state index contributed by atoms with van der Waals surface area (Å²) < 4.78 is 24.6. The van der Waals surface area contributed by atoms with Gasteiger partial charge in [-0.1, -0.05) is 0 Å². The Morgan fingerprint density at radius 1 is 1.15 bits per heavy atom. The van der Waals surface area contributed by atoms with Crippen molar-refractivity contribution in [2.45, 2.75) is 0 Å². The van der Waals surface area contributed by atoms with Gasteiger partial charge in [-0.15, -0.1) is 0 Å². The van der Waals surface area contributed by atoms with Crippen LogP contribution in [0.5, 0.6) is 17.4 Å². The minimum Gasteiger partial charge on any atom is -0.496 e. The van der Waals surface area contributed by atoms with Crippen molar-refractivity contribution in [3.8, 4) is 34.6 Å². The Hall–Kier alpha value is -3.73. The maximum absolute atomic E-state index is 13.5. The van der Waals surface area contributed by atoms with Gasteiger partial charge in [0.2, 0.25) is 11.8 Å². The summed E-state index contributed by atoms with van der Waals surface area (Å²) >= 11 is 0. The number of rotatable bonds is 6. The van der Waals surface area contributed by atoms with Gasteiger partial charge in [0.1, 0.15) is 18.1 Å². The number of ether oxygens (including phenoxy) is 2. The quantitative estimate of drug-likeness (QED) is 0.619. The largest absolute Gasteiger partial charge is 0.496 e. The highest BCUT2D eigenvalue weighted by Gasteiger charge is 2.14. The number of pyridine rings is 1. The molecule has 0 unspecified atom stereocenters. The number of methoxy groups -OCH3 is 1. The molecule has 7 nitrogen and oxygen atoms in total. The fourth-order valence-electron chi connectivity index (χ4n) is 2.41. The summed E-state index contributed by atoms with van der Waals surface area (Å²) in [6, 6.07) is 9.83. The van der Waals surface area contributed by atoms with E-state index in [9.17, 15) is 4.39 Å². The highest BCUT2D eigenvalue weighted by atomic mass is 19.1. The maximum Gasteiger partial charge on any atom is 0.227 e. The second-order valence-corrected chi connectivity index (χ2v) is 5.54. The normalized spacial score (nSPS) is 10.1. The van der Waals surface area contributed by atoms with Crippen molar-refractivity contribution in [2.75, 3.05) is 25.6 Å². The molecule has 0 N–H and O–H groups in total. The molecule has 0 atom stereocenters. The molecule has 136 valence electrons. The molecule has 0 aliphatic heterocycles. The first-order valence-electron chi connectivity index (χ1n) is 7.99. The van der Waals surface area contributed by atoms with Crippen molar-refractivity contribution in [3.05, 3.63) is 54.7 Å². The molecule has 0 saturated carbocycles. The van der Waals surface area contributed by atoms with E-state index in [1.807, 2.05) is 6.07 Å². The van der Waals surface area contributed by atoms with Gasteiger partial charge in [-0.3, -0.25) is 0 Å². The minimum atomic E-state index is -0.396. The van der Waals surface area contributed by atoms with E-state index in [2.05, 4.69) is 15.0 Å². The summed E-state index contributed by atoms with van der Waals surface area (Å²) in [5.74, 6) is 1.07. The van der Waals surface area contributed by atoms with Crippen LogP contribution < -0.4 is 14.4 Å². The molecule has 0 aliphatic rings. The fraction of sp³-hybridized carbons (Fsp3) is 0.158. The Kier molecular flexibility index (Phi) is 5.42. The summed E-state index contributed by atoms with van der Waals surface area (Å²) in [4.78, 5) is 14.2. The Balaban J connectivity index is 1.90. The average molecular weight is 365 g/mol. The number of anilines is 1. The van der Waals surface area contributed by atoms with Gasteiger partial charge >= 0.3 is 0 Å². The number of aromatic nitrogens is 3. The summed E-state index contributed by atoms with van der Waals surface area (Å²) in [7, 11) is 3.19. The monoisotopic (exact) mass is 365 g/mol. The Morgan fingerprint density at radius 3 is 2.63 bits per heavy atom. The van der Waals surface area contributed by atoms with E-state index in [-0.39, 0.29) is 6.54 Å². The fourth-order valence-corrected chi connectivity index (χ4v) is 2.41. The highest BCUT2D eigenvalue weighted by molar-refractivity contribution is 5.74. The third-order valence-corrected chi connectivity index (χ3v) is 3.70. The first-order valence-corrected chi connectivity index (χ1v) is 7.99. The van der Waals surface area contributed by atoms with E-state index in [1.165, 1.54) is 31.6 Å². The van der Waals surface area contributed by atoms with E-state index in [0.717, 1.165) is 0 Å². The van der Waals surface area contributed by atoms with Crippen LogP contribution >= 0.6 is 0 Å². The van der Waals surface area contributed by atoms with Gasteiger partial charge in [0, 0.05) is 30.4 Å². The van der Waals surface area contributed by atoms with Crippen molar-refractivity contribution >= 4 is 5.95 Å². The molecule has 2 heterocycles. The number of nitriles is 1.